The Morgan fingerprint density at radius 2 is 1.63 bits per heavy atom. The molecule has 1 aliphatic rings. The number of carboxylic acids is 1. The van der Waals surface area contributed by atoms with Crippen LogP contribution in [0.25, 0.3) is 21.9 Å². The number of fused-ring (bicyclic) bond motifs is 2. The standard InChI is InChI=1S/C35H30N2O4/c1-23(27-15-14-25-6-2-3-7-28(25)20-27)36-34(38)29-16-17-32-33(21-29)41-19-18-37(32)22-24-10-12-26(13-11-24)30-8-4-5-9-31(30)35(39)40/h2-17,20-21,23H,18-19,22H2,1H3,(H,36,38)(H,39,40). The van der Waals surface area contributed by atoms with Gasteiger partial charge in [-0.1, -0.05) is 78.9 Å². The van der Waals surface area contributed by atoms with Crippen LogP contribution in [0.3, 0.4) is 0 Å². The normalized spacial score (nSPS) is 13.2. The van der Waals surface area contributed by atoms with Crippen molar-refractivity contribution in [3.8, 4) is 16.9 Å². The summed E-state index contributed by atoms with van der Waals surface area (Å²) in [6.07, 6.45) is 0. The van der Waals surface area contributed by atoms with Crippen molar-refractivity contribution in [2.45, 2.75) is 19.5 Å². The highest BCUT2D eigenvalue weighted by Gasteiger charge is 2.21. The second-order valence-corrected chi connectivity index (χ2v) is 10.3. The van der Waals surface area contributed by atoms with Crippen LogP contribution in [0.1, 0.15) is 44.8 Å². The number of hydrogen-bond donors (Lipinski definition) is 2. The van der Waals surface area contributed by atoms with E-state index >= 15 is 0 Å². The predicted molar refractivity (Wildman–Crippen MR) is 162 cm³/mol. The average Bonchev–Trinajstić information content (AvgIpc) is 3.01. The maximum Gasteiger partial charge on any atom is 0.336 e. The maximum absolute atomic E-state index is 13.1. The zero-order chi connectivity index (χ0) is 28.3. The summed E-state index contributed by atoms with van der Waals surface area (Å²) in [7, 11) is 0. The van der Waals surface area contributed by atoms with Crippen LogP contribution in [0, 0.1) is 0 Å². The molecule has 5 aromatic carbocycles. The molecular formula is C35H30N2O4. The van der Waals surface area contributed by atoms with Crippen LogP contribution in [-0.2, 0) is 6.54 Å². The molecule has 1 amide bonds. The number of aromatic carboxylic acids is 1. The summed E-state index contributed by atoms with van der Waals surface area (Å²) in [6, 6.07) is 34.9. The Morgan fingerprint density at radius 3 is 2.44 bits per heavy atom. The van der Waals surface area contributed by atoms with E-state index in [9.17, 15) is 14.7 Å². The predicted octanol–water partition coefficient (Wildman–Crippen LogP) is 7.10. The van der Waals surface area contributed by atoms with Crippen molar-refractivity contribution in [2.75, 3.05) is 18.1 Å². The van der Waals surface area contributed by atoms with Gasteiger partial charge in [-0.25, -0.2) is 4.79 Å². The van der Waals surface area contributed by atoms with Gasteiger partial charge in [0.25, 0.3) is 5.91 Å². The van der Waals surface area contributed by atoms with Gasteiger partial charge in [0, 0.05) is 12.1 Å². The van der Waals surface area contributed by atoms with Crippen LogP contribution in [0.5, 0.6) is 5.75 Å². The lowest BCUT2D eigenvalue weighted by atomic mass is 9.98. The Morgan fingerprint density at radius 1 is 0.878 bits per heavy atom. The largest absolute Gasteiger partial charge is 0.490 e. The number of benzene rings is 5. The molecule has 0 fully saturated rings. The van der Waals surface area contributed by atoms with Gasteiger partial charge < -0.3 is 20.1 Å². The number of anilines is 1. The number of ether oxygens (including phenoxy) is 1. The molecule has 0 saturated heterocycles. The molecule has 0 radical (unpaired) electrons. The second kappa shape index (κ2) is 11.2. The third kappa shape index (κ3) is 5.50. The van der Waals surface area contributed by atoms with E-state index in [1.54, 1.807) is 12.1 Å². The van der Waals surface area contributed by atoms with Crippen molar-refractivity contribution < 1.29 is 19.4 Å². The molecule has 0 saturated carbocycles. The highest BCUT2D eigenvalue weighted by Crippen LogP contribution is 2.34. The minimum atomic E-state index is -0.939. The molecule has 2 N–H and O–H groups in total. The molecule has 0 aliphatic carbocycles. The van der Waals surface area contributed by atoms with E-state index in [1.807, 2.05) is 73.7 Å². The first-order valence-corrected chi connectivity index (χ1v) is 13.7. The number of hydrogen-bond acceptors (Lipinski definition) is 4. The highest BCUT2D eigenvalue weighted by molar-refractivity contribution is 5.96. The number of carboxylic acid groups (broad SMARTS) is 1. The van der Waals surface area contributed by atoms with E-state index in [1.165, 1.54) is 5.39 Å². The molecule has 1 aliphatic heterocycles. The van der Waals surface area contributed by atoms with Gasteiger partial charge in [-0.3, -0.25) is 4.79 Å². The van der Waals surface area contributed by atoms with Crippen LogP contribution >= 0.6 is 0 Å². The van der Waals surface area contributed by atoms with Gasteiger partial charge in [-0.2, -0.15) is 0 Å². The molecular weight excluding hydrogens is 512 g/mol. The molecule has 0 aromatic heterocycles. The van der Waals surface area contributed by atoms with Crippen LogP contribution in [0.15, 0.2) is 109 Å². The van der Waals surface area contributed by atoms with Crippen molar-refractivity contribution in [1.82, 2.24) is 5.32 Å². The van der Waals surface area contributed by atoms with Gasteiger partial charge in [0.2, 0.25) is 0 Å². The number of rotatable bonds is 7. The third-order valence-corrected chi connectivity index (χ3v) is 7.60. The first-order chi connectivity index (χ1) is 20.0. The SMILES string of the molecule is CC(NC(=O)c1ccc2c(c1)OCCN2Cc1ccc(-c2ccccc2C(=O)O)cc1)c1ccc2ccccc2c1. The Balaban J connectivity index is 1.15. The quantitative estimate of drug-likeness (QED) is 0.229. The summed E-state index contributed by atoms with van der Waals surface area (Å²) in [5, 5.41) is 15.0. The van der Waals surface area contributed by atoms with Crippen molar-refractivity contribution in [3.05, 3.63) is 131 Å². The van der Waals surface area contributed by atoms with Crippen LogP contribution < -0.4 is 15.0 Å². The number of nitrogens with one attached hydrogen (secondary N) is 1. The van der Waals surface area contributed by atoms with E-state index in [-0.39, 0.29) is 17.5 Å². The third-order valence-electron chi connectivity index (χ3n) is 7.60. The minimum absolute atomic E-state index is 0.147. The number of carbonyl (C=O) groups excluding carboxylic acids is 1. The summed E-state index contributed by atoms with van der Waals surface area (Å²) in [5.74, 6) is -0.397. The van der Waals surface area contributed by atoms with Crippen LogP contribution in [0.2, 0.25) is 0 Å². The fraction of sp³-hybridized carbons (Fsp3) is 0.143. The van der Waals surface area contributed by atoms with Gasteiger partial charge in [0.05, 0.1) is 23.8 Å². The van der Waals surface area contributed by atoms with E-state index in [0.717, 1.165) is 34.3 Å². The molecule has 41 heavy (non-hydrogen) atoms. The number of nitrogens with zero attached hydrogens (tertiary/aromatic N) is 1. The van der Waals surface area contributed by atoms with E-state index < -0.39 is 5.97 Å². The zero-order valence-corrected chi connectivity index (χ0v) is 22.7. The zero-order valence-electron chi connectivity index (χ0n) is 22.7. The molecule has 1 atom stereocenters. The van der Waals surface area contributed by atoms with Crippen molar-refractivity contribution >= 4 is 28.3 Å². The van der Waals surface area contributed by atoms with Gasteiger partial charge in [-0.15, -0.1) is 0 Å². The Bertz CT molecular complexity index is 1750. The van der Waals surface area contributed by atoms with E-state index in [4.69, 9.17) is 4.74 Å². The van der Waals surface area contributed by atoms with Crippen molar-refractivity contribution in [2.24, 2.45) is 0 Å². The molecule has 6 nitrogen and oxygen atoms in total. The molecule has 0 bridgehead atoms. The topological polar surface area (TPSA) is 78.9 Å². The smallest absolute Gasteiger partial charge is 0.336 e. The monoisotopic (exact) mass is 542 g/mol. The summed E-state index contributed by atoms with van der Waals surface area (Å²) >= 11 is 0. The molecule has 6 heteroatoms. The molecule has 6 rings (SSSR count). The molecule has 1 unspecified atom stereocenters. The van der Waals surface area contributed by atoms with Crippen molar-refractivity contribution in [3.63, 3.8) is 0 Å². The van der Waals surface area contributed by atoms with E-state index in [2.05, 4.69) is 40.5 Å². The highest BCUT2D eigenvalue weighted by atomic mass is 16.5. The molecule has 5 aromatic rings. The molecule has 1 heterocycles. The van der Waals surface area contributed by atoms with Gasteiger partial charge in [0.1, 0.15) is 12.4 Å². The lowest BCUT2D eigenvalue weighted by molar-refractivity contribution is 0.0697. The first kappa shape index (κ1) is 26.1. The summed E-state index contributed by atoms with van der Waals surface area (Å²) in [5.41, 5.74) is 5.49. The minimum Gasteiger partial charge on any atom is -0.490 e. The summed E-state index contributed by atoms with van der Waals surface area (Å²) in [6.45, 7) is 3.91. The fourth-order valence-corrected chi connectivity index (χ4v) is 5.35. The Labute approximate surface area is 238 Å². The first-order valence-electron chi connectivity index (χ1n) is 13.7. The summed E-state index contributed by atoms with van der Waals surface area (Å²) in [4.78, 5) is 27.0. The summed E-state index contributed by atoms with van der Waals surface area (Å²) < 4.78 is 5.96. The average molecular weight is 543 g/mol. The van der Waals surface area contributed by atoms with Gasteiger partial charge in [0.15, 0.2) is 0 Å². The number of carbonyl (C=O) groups is 2. The van der Waals surface area contributed by atoms with Gasteiger partial charge >= 0.3 is 5.97 Å². The fourth-order valence-electron chi connectivity index (χ4n) is 5.35. The maximum atomic E-state index is 13.1. The van der Waals surface area contributed by atoms with Crippen LogP contribution in [0.4, 0.5) is 5.69 Å². The lowest BCUT2D eigenvalue weighted by Gasteiger charge is -2.31. The Kier molecular flexibility index (Phi) is 7.13. The van der Waals surface area contributed by atoms with Crippen molar-refractivity contribution in [1.29, 1.82) is 0 Å². The van der Waals surface area contributed by atoms with E-state index in [0.29, 0.717) is 30.0 Å². The second-order valence-electron chi connectivity index (χ2n) is 10.3. The molecule has 204 valence electrons. The number of amides is 1. The van der Waals surface area contributed by atoms with Crippen LogP contribution in [-0.4, -0.2) is 30.1 Å². The Hall–Kier alpha value is -5.10. The lowest BCUT2D eigenvalue weighted by Crippen LogP contribution is -2.32. The molecule has 0 spiro atoms. The van der Waals surface area contributed by atoms with Gasteiger partial charge in [-0.05, 0) is 70.3 Å².